The van der Waals surface area contributed by atoms with Gasteiger partial charge in [-0.1, -0.05) is 59.2 Å². The lowest BCUT2D eigenvalue weighted by Crippen LogP contribution is -2.22. The number of benzene rings is 3. The quantitative estimate of drug-likeness (QED) is 0.476. The summed E-state index contributed by atoms with van der Waals surface area (Å²) in [5, 5.41) is 8.11. The van der Waals surface area contributed by atoms with Gasteiger partial charge in [0, 0.05) is 10.6 Å². The lowest BCUT2D eigenvalue weighted by atomic mass is 9.98. The molecule has 28 heavy (non-hydrogen) atoms. The van der Waals surface area contributed by atoms with E-state index in [1.165, 1.54) is 12.1 Å². The van der Waals surface area contributed by atoms with Crippen LogP contribution in [0, 0.1) is 5.82 Å². The zero-order valence-corrected chi connectivity index (χ0v) is 15.6. The summed E-state index contributed by atoms with van der Waals surface area (Å²) in [7, 11) is 0. The molecule has 0 aliphatic heterocycles. The summed E-state index contributed by atoms with van der Waals surface area (Å²) in [6.07, 6.45) is 0. The first-order valence-corrected chi connectivity index (χ1v) is 9.19. The van der Waals surface area contributed by atoms with E-state index < -0.39 is 0 Å². The van der Waals surface area contributed by atoms with Crippen LogP contribution in [0.15, 0.2) is 83.4 Å². The Balaban J connectivity index is 1.53. The maximum Gasteiger partial charge on any atom is 0.240 e. The standard InChI is InChI=1S/C22H17ClFN3O/c23-18-10-6-17(7-11-18)22-26-20(28-27-22)14-25-21(15-4-2-1-3-5-15)16-8-12-19(24)13-9-16/h1-13,21,25H,14H2. The van der Waals surface area contributed by atoms with E-state index >= 15 is 0 Å². The van der Waals surface area contributed by atoms with Crippen molar-refractivity contribution in [2.45, 2.75) is 12.6 Å². The van der Waals surface area contributed by atoms with E-state index in [2.05, 4.69) is 15.5 Å². The summed E-state index contributed by atoms with van der Waals surface area (Å²) >= 11 is 5.92. The molecule has 0 spiro atoms. The molecule has 0 saturated heterocycles. The Morgan fingerprint density at radius 3 is 2.29 bits per heavy atom. The van der Waals surface area contributed by atoms with Gasteiger partial charge in [0.1, 0.15) is 5.82 Å². The van der Waals surface area contributed by atoms with E-state index in [1.807, 2.05) is 42.5 Å². The smallest absolute Gasteiger partial charge is 0.240 e. The minimum atomic E-state index is -0.264. The summed E-state index contributed by atoms with van der Waals surface area (Å²) in [6.45, 7) is 0.373. The molecule has 140 valence electrons. The molecule has 6 heteroatoms. The van der Waals surface area contributed by atoms with Crippen molar-refractivity contribution < 1.29 is 8.91 Å². The van der Waals surface area contributed by atoms with Crippen molar-refractivity contribution in [1.29, 1.82) is 0 Å². The number of halogens is 2. The molecule has 0 radical (unpaired) electrons. The molecule has 1 heterocycles. The molecule has 0 aliphatic carbocycles. The molecule has 1 aromatic heterocycles. The number of aromatic nitrogens is 2. The molecule has 1 unspecified atom stereocenters. The van der Waals surface area contributed by atoms with Crippen LogP contribution in [-0.4, -0.2) is 10.1 Å². The number of nitrogens with zero attached hydrogens (tertiary/aromatic N) is 2. The number of hydrogen-bond donors (Lipinski definition) is 1. The van der Waals surface area contributed by atoms with Gasteiger partial charge in [0.25, 0.3) is 0 Å². The van der Waals surface area contributed by atoms with Gasteiger partial charge < -0.3 is 4.52 Å². The highest BCUT2D eigenvalue weighted by Crippen LogP contribution is 2.23. The van der Waals surface area contributed by atoms with E-state index in [0.717, 1.165) is 16.7 Å². The molecule has 4 rings (SSSR count). The first-order valence-electron chi connectivity index (χ1n) is 8.81. The van der Waals surface area contributed by atoms with Crippen molar-refractivity contribution >= 4 is 11.6 Å². The molecule has 0 aliphatic rings. The van der Waals surface area contributed by atoms with E-state index in [9.17, 15) is 4.39 Å². The maximum absolute atomic E-state index is 13.3. The van der Waals surface area contributed by atoms with Gasteiger partial charge in [-0.25, -0.2) is 4.39 Å². The Bertz CT molecular complexity index is 1030. The van der Waals surface area contributed by atoms with E-state index in [1.54, 1.807) is 24.3 Å². The van der Waals surface area contributed by atoms with Crippen molar-refractivity contribution in [3.63, 3.8) is 0 Å². The van der Waals surface area contributed by atoms with Gasteiger partial charge in [-0.2, -0.15) is 4.98 Å². The second-order valence-corrected chi connectivity index (χ2v) is 6.73. The number of nitrogens with one attached hydrogen (secondary N) is 1. The van der Waals surface area contributed by atoms with E-state index in [0.29, 0.717) is 23.3 Å². The lowest BCUT2D eigenvalue weighted by molar-refractivity contribution is 0.363. The van der Waals surface area contributed by atoms with Gasteiger partial charge in [-0.05, 0) is 47.5 Å². The minimum Gasteiger partial charge on any atom is -0.338 e. The maximum atomic E-state index is 13.3. The second-order valence-electron chi connectivity index (χ2n) is 6.29. The average Bonchev–Trinajstić information content (AvgIpc) is 3.20. The predicted molar refractivity (Wildman–Crippen MR) is 106 cm³/mol. The fourth-order valence-electron chi connectivity index (χ4n) is 2.96. The highest BCUT2D eigenvalue weighted by Gasteiger charge is 2.16. The van der Waals surface area contributed by atoms with Crippen LogP contribution in [0.5, 0.6) is 0 Å². The molecule has 0 amide bonds. The van der Waals surface area contributed by atoms with Crippen LogP contribution in [-0.2, 0) is 6.54 Å². The molecule has 0 fully saturated rings. The van der Waals surface area contributed by atoms with Crippen molar-refractivity contribution in [1.82, 2.24) is 15.5 Å². The van der Waals surface area contributed by atoms with Gasteiger partial charge in [-0.3, -0.25) is 5.32 Å². The molecule has 1 N–H and O–H groups in total. The predicted octanol–water partition coefficient (Wildman–Crippen LogP) is 5.41. The normalized spacial score (nSPS) is 12.1. The van der Waals surface area contributed by atoms with Crippen LogP contribution in [0.4, 0.5) is 4.39 Å². The highest BCUT2D eigenvalue weighted by molar-refractivity contribution is 6.30. The Hall–Kier alpha value is -3.02. The molecule has 0 saturated carbocycles. The van der Waals surface area contributed by atoms with Crippen LogP contribution < -0.4 is 5.32 Å². The van der Waals surface area contributed by atoms with Gasteiger partial charge >= 0.3 is 0 Å². The van der Waals surface area contributed by atoms with Crippen LogP contribution >= 0.6 is 11.6 Å². The van der Waals surface area contributed by atoms with Crippen LogP contribution in [0.25, 0.3) is 11.4 Å². The number of hydrogen-bond acceptors (Lipinski definition) is 4. The Morgan fingerprint density at radius 1 is 0.893 bits per heavy atom. The zero-order chi connectivity index (χ0) is 19.3. The molecular weight excluding hydrogens is 377 g/mol. The van der Waals surface area contributed by atoms with Crippen molar-refractivity contribution in [2.24, 2.45) is 0 Å². The van der Waals surface area contributed by atoms with Crippen molar-refractivity contribution in [2.75, 3.05) is 0 Å². The fourth-order valence-corrected chi connectivity index (χ4v) is 3.09. The summed E-state index contributed by atoms with van der Waals surface area (Å²) in [5.41, 5.74) is 2.84. The Labute approximate surface area is 167 Å². The molecule has 1 atom stereocenters. The molecular formula is C22H17ClFN3O. The van der Waals surface area contributed by atoms with Gasteiger partial charge in [0.15, 0.2) is 0 Å². The summed E-state index contributed by atoms with van der Waals surface area (Å²) in [6, 6.07) is 23.5. The monoisotopic (exact) mass is 393 g/mol. The van der Waals surface area contributed by atoms with E-state index in [4.69, 9.17) is 16.1 Å². The third-order valence-electron chi connectivity index (χ3n) is 4.36. The van der Waals surface area contributed by atoms with Crippen LogP contribution in [0.2, 0.25) is 5.02 Å². The third-order valence-corrected chi connectivity index (χ3v) is 4.62. The van der Waals surface area contributed by atoms with E-state index in [-0.39, 0.29) is 11.9 Å². The lowest BCUT2D eigenvalue weighted by Gasteiger charge is -2.19. The highest BCUT2D eigenvalue weighted by atomic mass is 35.5. The Morgan fingerprint density at radius 2 is 1.57 bits per heavy atom. The van der Waals surface area contributed by atoms with Crippen molar-refractivity contribution in [3.8, 4) is 11.4 Å². The summed E-state index contributed by atoms with van der Waals surface area (Å²) in [5.74, 6) is 0.708. The molecule has 0 bridgehead atoms. The zero-order valence-electron chi connectivity index (χ0n) is 14.8. The SMILES string of the molecule is Fc1ccc(C(NCc2nc(-c3ccc(Cl)cc3)no2)c2ccccc2)cc1. The molecule has 4 nitrogen and oxygen atoms in total. The third kappa shape index (κ3) is 4.27. The average molecular weight is 394 g/mol. The minimum absolute atomic E-state index is 0.132. The first-order chi connectivity index (χ1) is 13.7. The topological polar surface area (TPSA) is 51.0 Å². The summed E-state index contributed by atoms with van der Waals surface area (Å²) in [4.78, 5) is 4.44. The first kappa shape index (κ1) is 18.3. The molecule has 4 aromatic rings. The Kier molecular flexibility index (Phi) is 5.46. The van der Waals surface area contributed by atoms with Gasteiger partial charge in [0.2, 0.25) is 11.7 Å². The van der Waals surface area contributed by atoms with Gasteiger partial charge in [-0.15, -0.1) is 0 Å². The molecule has 3 aromatic carbocycles. The number of rotatable bonds is 6. The van der Waals surface area contributed by atoms with Crippen molar-refractivity contribution in [3.05, 3.63) is 107 Å². The second kappa shape index (κ2) is 8.33. The van der Waals surface area contributed by atoms with Crippen LogP contribution in [0.1, 0.15) is 23.1 Å². The largest absolute Gasteiger partial charge is 0.338 e. The van der Waals surface area contributed by atoms with Crippen LogP contribution in [0.3, 0.4) is 0 Å². The summed E-state index contributed by atoms with van der Waals surface area (Å²) < 4.78 is 18.7. The fraction of sp³-hybridized carbons (Fsp3) is 0.0909. The van der Waals surface area contributed by atoms with Gasteiger partial charge in [0.05, 0.1) is 12.6 Å².